The van der Waals surface area contributed by atoms with Crippen molar-refractivity contribution in [2.45, 2.75) is 42.8 Å². The fourth-order valence-electron chi connectivity index (χ4n) is 11.2. The molecule has 0 unspecified atom stereocenters. The number of thiazole rings is 1. The van der Waals surface area contributed by atoms with Gasteiger partial charge in [-0.3, -0.25) is 29.4 Å². The summed E-state index contributed by atoms with van der Waals surface area (Å²) < 4.78 is 21.0. The van der Waals surface area contributed by atoms with Crippen LogP contribution in [0.1, 0.15) is 51.6 Å². The number of aliphatic hydroxyl groups excluding tert-OH is 1. The quantitative estimate of drug-likeness (QED) is 0.0505. The Morgan fingerprint density at radius 3 is 2.28 bits per heavy atom. The van der Waals surface area contributed by atoms with Crippen molar-refractivity contribution in [3.05, 3.63) is 219 Å². The maximum atomic E-state index is 16.8. The maximum absolute atomic E-state index is 16.8. The van der Waals surface area contributed by atoms with Gasteiger partial charge in [0.2, 0.25) is 11.8 Å². The number of rotatable bonds is 12. The van der Waals surface area contributed by atoms with Gasteiger partial charge in [-0.05, 0) is 94.5 Å². The average molecular weight is 1060 g/mol. The molecule has 6 atom stereocenters. The number of amides is 3. The summed E-state index contributed by atoms with van der Waals surface area (Å²) in [5.41, 5.74) is 2.45. The third kappa shape index (κ3) is 8.63. The number of morpholine rings is 1. The van der Waals surface area contributed by atoms with Gasteiger partial charge in [0.15, 0.2) is 5.13 Å². The number of nitrogens with zero attached hydrogens (tertiary/aromatic N) is 7. The number of aromatic nitrogens is 4. The number of hydrogen-bond acceptors (Lipinski definition) is 15. The second-order valence-corrected chi connectivity index (χ2v) is 19.8. The largest absolute Gasteiger partial charge is 0.491 e. The number of hydrogen-bond donors (Lipinski definition) is 2. The van der Waals surface area contributed by atoms with E-state index in [0.717, 1.165) is 15.1 Å². The van der Waals surface area contributed by atoms with Crippen molar-refractivity contribution in [1.29, 1.82) is 0 Å². The van der Waals surface area contributed by atoms with Crippen LogP contribution in [0.4, 0.5) is 21.3 Å². The summed E-state index contributed by atoms with van der Waals surface area (Å²) in [6.07, 6.45) is -2.12. The Bertz CT molecular complexity index is 3850. The van der Waals surface area contributed by atoms with E-state index in [0.29, 0.717) is 44.6 Å². The molecule has 0 aliphatic carbocycles. The Hall–Kier alpha value is -9.61. The number of ether oxygens (including phenoxy) is 3. The fraction of sp³-hybridized carbons (Fsp3) is 0.169. The third-order valence-electron chi connectivity index (χ3n) is 14.4. The standard InChI is InChI=1S/C59H44N8O10S/c68-31-32-75-42-19-11-18-40(34-42)53-59(49(54(69)61-57-60-45-21-8-10-23-48(45)78-57)51-55(70)77-52(39-16-5-2-6-17-39)50(66(51)53)38-14-3-1-4-15-38)43-33-36(13-12-30-64-47-22-9-7-20-44(47)62-63-64)26-29-46(43)65(56(59)71)58(72)76-35-37-24-27-41(28-25-37)67(73)74/h1-11,14-29,33-34,49-53,68H,30-32,35H2,(H,60,61,69)/t49-,50-,51-,52+,53+,59-/m0/s1. The lowest BCUT2D eigenvalue weighted by Gasteiger charge is -2.46. The second-order valence-electron chi connectivity index (χ2n) is 18.8. The molecule has 12 rings (SSSR count). The number of cyclic esters (lactones) is 1. The van der Waals surface area contributed by atoms with Crippen LogP contribution in [0, 0.1) is 27.9 Å². The lowest BCUT2D eigenvalue weighted by molar-refractivity contribution is -0.384. The van der Waals surface area contributed by atoms with Crippen LogP contribution in [0.15, 0.2) is 176 Å². The van der Waals surface area contributed by atoms with E-state index in [-0.39, 0.29) is 41.8 Å². The topological polar surface area (TPSA) is 221 Å². The van der Waals surface area contributed by atoms with Crippen LogP contribution in [0.25, 0.3) is 21.3 Å². The van der Waals surface area contributed by atoms with Crippen LogP contribution >= 0.6 is 11.3 Å². The molecule has 0 bridgehead atoms. The van der Waals surface area contributed by atoms with Crippen molar-refractivity contribution in [2.75, 3.05) is 23.4 Å². The van der Waals surface area contributed by atoms with Crippen molar-refractivity contribution in [2.24, 2.45) is 5.92 Å². The molecule has 3 aliphatic heterocycles. The number of imide groups is 1. The minimum Gasteiger partial charge on any atom is -0.491 e. The van der Waals surface area contributed by atoms with Crippen LogP contribution in [0.2, 0.25) is 0 Å². The first kappa shape index (κ1) is 49.3. The normalized spacial score (nSPS) is 20.4. The number of para-hydroxylation sites is 2. The van der Waals surface area contributed by atoms with Gasteiger partial charge in [0.25, 0.3) is 5.69 Å². The highest BCUT2D eigenvalue weighted by molar-refractivity contribution is 7.22. The zero-order valence-electron chi connectivity index (χ0n) is 41.1. The number of benzene rings is 7. The Balaban J connectivity index is 1.10. The number of esters is 1. The highest BCUT2D eigenvalue weighted by Crippen LogP contribution is 2.66. The Kier molecular flexibility index (Phi) is 12.9. The van der Waals surface area contributed by atoms with Gasteiger partial charge in [-0.1, -0.05) is 125 Å². The zero-order valence-corrected chi connectivity index (χ0v) is 41.9. The molecule has 386 valence electrons. The molecule has 2 saturated heterocycles. The molecule has 1 spiro atoms. The summed E-state index contributed by atoms with van der Waals surface area (Å²) in [6.45, 7) is -0.647. The third-order valence-corrected chi connectivity index (χ3v) is 15.3. The summed E-state index contributed by atoms with van der Waals surface area (Å²) in [6, 6.07) is 46.9. The summed E-state index contributed by atoms with van der Waals surface area (Å²) in [4.78, 5) is 82.1. The van der Waals surface area contributed by atoms with E-state index in [4.69, 9.17) is 19.2 Å². The molecular formula is C59H44N8O10S. The zero-order chi connectivity index (χ0) is 53.5. The maximum Gasteiger partial charge on any atom is 0.421 e. The molecule has 5 heterocycles. The molecule has 9 aromatic rings. The second kappa shape index (κ2) is 20.5. The van der Waals surface area contributed by atoms with Crippen molar-refractivity contribution in [3.63, 3.8) is 0 Å². The van der Waals surface area contributed by atoms with Crippen molar-refractivity contribution in [1.82, 2.24) is 24.9 Å². The predicted molar refractivity (Wildman–Crippen MR) is 287 cm³/mol. The molecule has 18 nitrogen and oxygen atoms in total. The van der Waals surface area contributed by atoms with Crippen LogP contribution in [-0.2, 0) is 42.4 Å². The molecule has 0 radical (unpaired) electrons. The van der Waals surface area contributed by atoms with Gasteiger partial charge in [0.1, 0.15) is 48.6 Å². The Morgan fingerprint density at radius 1 is 0.808 bits per heavy atom. The van der Waals surface area contributed by atoms with Gasteiger partial charge in [-0.15, -0.1) is 5.10 Å². The molecule has 2 fully saturated rings. The average Bonchev–Trinajstić information content (AvgIpc) is 4.42. The monoisotopic (exact) mass is 1060 g/mol. The number of carbonyl (C=O) groups excluding carboxylic acids is 4. The molecule has 7 aromatic carbocycles. The molecule has 2 N–H and O–H groups in total. The summed E-state index contributed by atoms with van der Waals surface area (Å²) in [7, 11) is 0. The van der Waals surface area contributed by atoms with Gasteiger partial charge in [-0.2, -0.15) is 0 Å². The lowest BCUT2D eigenvalue weighted by atomic mass is 9.65. The van der Waals surface area contributed by atoms with Crippen molar-refractivity contribution in [3.8, 4) is 17.6 Å². The molecule has 0 saturated carbocycles. The SMILES string of the molecule is O=C1O[C@H](c2ccccc2)[C@H](c2ccccc2)N2[C@H]1[C@@H](C(=O)Nc1nc3ccccc3s1)[C@]1(C(=O)N(C(=O)OCc3ccc([N+](=O)[O-])cc3)c3ccc(C#CCn4nnc5ccccc54)cc31)[C@H]2c1cccc(OCCO)c1. The van der Waals surface area contributed by atoms with Crippen LogP contribution in [0.3, 0.4) is 0 Å². The van der Waals surface area contributed by atoms with Crippen LogP contribution in [0.5, 0.6) is 5.75 Å². The molecular weight excluding hydrogens is 1010 g/mol. The number of non-ortho nitro benzene ring substituents is 1. The highest BCUT2D eigenvalue weighted by atomic mass is 32.1. The first-order valence-corrected chi connectivity index (χ1v) is 25.7. The Labute approximate surface area is 448 Å². The molecule has 78 heavy (non-hydrogen) atoms. The van der Waals surface area contributed by atoms with Gasteiger partial charge in [0, 0.05) is 17.7 Å². The summed E-state index contributed by atoms with van der Waals surface area (Å²) >= 11 is 1.21. The number of fused-ring (bicyclic) bond motifs is 5. The fourth-order valence-corrected chi connectivity index (χ4v) is 12.1. The Morgan fingerprint density at radius 2 is 1.53 bits per heavy atom. The molecule has 2 aromatic heterocycles. The number of anilines is 2. The van der Waals surface area contributed by atoms with Gasteiger partial charge in [-0.25, -0.2) is 19.4 Å². The minimum atomic E-state index is -2.21. The predicted octanol–water partition coefficient (Wildman–Crippen LogP) is 9.01. The number of nitro benzene ring substituents is 1. The number of nitro groups is 1. The lowest BCUT2D eigenvalue weighted by Crippen LogP contribution is -2.54. The van der Waals surface area contributed by atoms with Gasteiger partial charge >= 0.3 is 12.1 Å². The van der Waals surface area contributed by atoms with E-state index in [1.807, 2.05) is 108 Å². The van der Waals surface area contributed by atoms with Gasteiger partial charge < -0.3 is 24.6 Å². The van der Waals surface area contributed by atoms with E-state index in [9.17, 15) is 15.2 Å². The number of carbonyl (C=O) groups is 4. The van der Waals surface area contributed by atoms with Crippen LogP contribution < -0.4 is 15.0 Å². The first-order valence-electron chi connectivity index (χ1n) is 24.9. The first-order chi connectivity index (χ1) is 38.1. The smallest absolute Gasteiger partial charge is 0.421 e. The van der Waals surface area contributed by atoms with E-state index < -0.39 is 71.0 Å². The van der Waals surface area contributed by atoms with Crippen LogP contribution in [-0.4, -0.2) is 78.0 Å². The molecule has 19 heteroatoms. The van der Waals surface area contributed by atoms with E-state index in [1.54, 1.807) is 53.2 Å². The molecule has 3 amide bonds. The summed E-state index contributed by atoms with van der Waals surface area (Å²) in [5, 5.41) is 33.2. The van der Waals surface area contributed by atoms with E-state index >= 15 is 19.2 Å². The minimum absolute atomic E-state index is 0.0566. The number of nitrogens with one attached hydrogen (secondary N) is 1. The highest BCUT2D eigenvalue weighted by Gasteiger charge is 2.76. The van der Waals surface area contributed by atoms with E-state index in [2.05, 4.69) is 27.5 Å². The van der Waals surface area contributed by atoms with E-state index in [1.165, 1.54) is 35.6 Å². The van der Waals surface area contributed by atoms with Crippen molar-refractivity contribution < 1.29 is 43.4 Å². The number of aliphatic hydroxyl groups is 1. The molecule has 3 aliphatic rings. The van der Waals surface area contributed by atoms with Gasteiger partial charge in [0.05, 0.1) is 51.0 Å². The van der Waals surface area contributed by atoms with Crippen molar-refractivity contribution >= 4 is 73.0 Å². The summed E-state index contributed by atoms with van der Waals surface area (Å²) in [5.74, 6) is 2.58.